The third-order valence-electron chi connectivity index (χ3n) is 3.58. The predicted octanol–water partition coefficient (Wildman–Crippen LogP) is 1.83. The monoisotopic (exact) mass is 380 g/mol. The van der Waals surface area contributed by atoms with Gasteiger partial charge in [-0.3, -0.25) is 0 Å². The lowest BCUT2D eigenvalue weighted by molar-refractivity contribution is 0.0192. The van der Waals surface area contributed by atoms with Gasteiger partial charge in [0.25, 0.3) is 0 Å². The number of hydrogen-bond acceptors (Lipinski definition) is 5. The van der Waals surface area contributed by atoms with Gasteiger partial charge in [-0.2, -0.15) is 18.2 Å². The van der Waals surface area contributed by atoms with E-state index in [1.165, 1.54) is 11.8 Å². The molecule has 8 nitrogen and oxygen atoms in total. The molecule has 0 atom stereocenters. The Morgan fingerprint density at radius 1 is 1.24 bits per heavy atom. The second kappa shape index (κ2) is 6.87. The molecule has 0 aromatic carbocycles. The Balaban J connectivity index is 2.08. The van der Waals surface area contributed by atoms with Gasteiger partial charge >= 0.3 is 12.6 Å². The van der Waals surface area contributed by atoms with Crippen LogP contribution in [0.25, 0.3) is 0 Å². The van der Waals surface area contributed by atoms with Crippen LogP contribution < -0.4 is 0 Å². The van der Waals surface area contributed by atoms with Crippen molar-refractivity contribution in [1.29, 1.82) is 0 Å². The molecule has 11 heteroatoms. The highest BCUT2D eigenvalue weighted by molar-refractivity contribution is 7.89. The molecule has 0 bridgehead atoms. The number of nitrogens with zero attached hydrogens (tertiary/aromatic N) is 4. The molecular formula is C14H22F2N4O4S. The summed E-state index contributed by atoms with van der Waals surface area (Å²) in [7, 11) is -3.95. The Hall–Kier alpha value is -1.75. The SMILES string of the molecule is Cc1nn(C(F)F)cc1S(=O)(=O)N1CCN(C(=O)OC(C)(C)C)CC1. The maximum atomic E-state index is 12.7. The van der Waals surface area contributed by atoms with E-state index in [9.17, 15) is 22.0 Å². The maximum absolute atomic E-state index is 12.7. The van der Waals surface area contributed by atoms with E-state index < -0.39 is 28.3 Å². The average molecular weight is 380 g/mol. The summed E-state index contributed by atoms with van der Waals surface area (Å²) in [6.07, 6.45) is 0.321. The Morgan fingerprint density at radius 2 is 1.80 bits per heavy atom. The molecule has 2 rings (SSSR count). The molecule has 142 valence electrons. The predicted molar refractivity (Wildman–Crippen MR) is 84.8 cm³/mol. The first-order chi connectivity index (χ1) is 11.4. The van der Waals surface area contributed by atoms with Gasteiger partial charge in [-0.1, -0.05) is 0 Å². The van der Waals surface area contributed by atoms with Gasteiger partial charge in [0.1, 0.15) is 10.5 Å². The van der Waals surface area contributed by atoms with Crippen LogP contribution in [0.1, 0.15) is 33.0 Å². The third kappa shape index (κ3) is 4.46. The minimum absolute atomic E-state index is 0.00914. The Bertz CT molecular complexity index is 735. The molecule has 0 saturated carbocycles. The van der Waals surface area contributed by atoms with Crippen LogP contribution >= 0.6 is 0 Å². The van der Waals surface area contributed by atoms with E-state index in [0.717, 1.165) is 10.5 Å². The number of alkyl halides is 2. The summed E-state index contributed by atoms with van der Waals surface area (Å²) >= 11 is 0. The number of sulfonamides is 1. The van der Waals surface area contributed by atoms with Gasteiger partial charge in [-0.25, -0.2) is 17.9 Å². The maximum Gasteiger partial charge on any atom is 0.410 e. The van der Waals surface area contributed by atoms with Crippen molar-refractivity contribution in [3.63, 3.8) is 0 Å². The molecule has 1 aromatic rings. The van der Waals surface area contributed by atoms with E-state index in [0.29, 0.717) is 4.68 Å². The van der Waals surface area contributed by atoms with Crippen LogP contribution in [0.15, 0.2) is 11.1 Å². The molecule has 0 aliphatic carbocycles. The minimum Gasteiger partial charge on any atom is -0.444 e. The molecule has 1 saturated heterocycles. The first-order valence-corrected chi connectivity index (χ1v) is 9.18. The molecule has 25 heavy (non-hydrogen) atoms. The fraction of sp³-hybridized carbons (Fsp3) is 0.714. The van der Waals surface area contributed by atoms with Crippen molar-refractivity contribution >= 4 is 16.1 Å². The Morgan fingerprint density at radius 3 is 2.24 bits per heavy atom. The van der Waals surface area contributed by atoms with E-state index in [1.54, 1.807) is 20.8 Å². The van der Waals surface area contributed by atoms with Crippen molar-refractivity contribution in [2.45, 2.75) is 44.7 Å². The van der Waals surface area contributed by atoms with E-state index in [1.807, 2.05) is 0 Å². The van der Waals surface area contributed by atoms with Crippen molar-refractivity contribution in [3.8, 4) is 0 Å². The van der Waals surface area contributed by atoms with Gasteiger partial charge in [-0.05, 0) is 27.7 Å². The normalized spacial score (nSPS) is 17.2. The second-order valence-corrected chi connectivity index (χ2v) is 8.61. The number of ether oxygens (including phenoxy) is 1. The zero-order valence-corrected chi connectivity index (χ0v) is 15.4. The average Bonchev–Trinajstić information content (AvgIpc) is 2.88. The summed E-state index contributed by atoms with van der Waals surface area (Å²) in [6.45, 7) is 4.13. The third-order valence-corrected chi connectivity index (χ3v) is 5.58. The number of aromatic nitrogens is 2. The van der Waals surface area contributed by atoms with Gasteiger partial charge in [-0.15, -0.1) is 0 Å². The molecule has 1 aromatic heterocycles. The van der Waals surface area contributed by atoms with Crippen LogP contribution in [-0.4, -0.2) is 65.3 Å². The van der Waals surface area contributed by atoms with Crippen LogP contribution in [0.4, 0.5) is 13.6 Å². The van der Waals surface area contributed by atoms with Crippen molar-refractivity contribution < 1.29 is 26.7 Å². The highest BCUT2D eigenvalue weighted by Gasteiger charge is 2.34. The van der Waals surface area contributed by atoms with E-state index in [-0.39, 0.29) is 36.8 Å². The number of carbonyl (C=O) groups excluding carboxylic acids is 1. The summed E-state index contributed by atoms with van der Waals surface area (Å²) in [5.74, 6) is 0. The summed E-state index contributed by atoms with van der Waals surface area (Å²) in [5, 5.41) is 3.53. The highest BCUT2D eigenvalue weighted by atomic mass is 32.2. The standard InChI is InChI=1S/C14H22F2N4O4S/c1-10-11(9-20(17-10)12(15)16)25(22,23)19-7-5-18(6-8-19)13(21)24-14(2,3)4/h9,12H,5-8H2,1-4H3. The van der Waals surface area contributed by atoms with E-state index in [4.69, 9.17) is 4.74 Å². The number of aryl methyl sites for hydroxylation is 1. The Labute approximate surface area is 145 Å². The van der Waals surface area contributed by atoms with Crippen molar-refractivity contribution in [1.82, 2.24) is 19.0 Å². The first kappa shape index (κ1) is 19.6. The van der Waals surface area contributed by atoms with Gasteiger partial charge in [0.05, 0.1) is 11.9 Å². The fourth-order valence-corrected chi connectivity index (χ4v) is 3.97. The molecule has 1 aliphatic rings. The van der Waals surface area contributed by atoms with Crippen LogP contribution in [0.5, 0.6) is 0 Å². The summed E-state index contributed by atoms with van der Waals surface area (Å²) in [4.78, 5) is 13.2. The molecule has 0 N–H and O–H groups in total. The zero-order chi connectivity index (χ0) is 19.0. The van der Waals surface area contributed by atoms with Crippen molar-refractivity contribution in [2.24, 2.45) is 0 Å². The molecule has 2 heterocycles. The van der Waals surface area contributed by atoms with Crippen LogP contribution in [-0.2, 0) is 14.8 Å². The van der Waals surface area contributed by atoms with Gasteiger partial charge in [0.15, 0.2) is 0 Å². The summed E-state index contributed by atoms with van der Waals surface area (Å²) < 4.78 is 57.4. The molecule has 1 amide bonds. The number of amides is 1. The lowest BCUT2D eigenvalue weighted by Crippen LogP contribution is -2.51. The quantitative estimate of drug-likeness (QED) is 0.799. The fourth-order valence-electron chi connectivity index (χ4n) is 2.39. The van der Waals surface area contributed by atoms with Gasteiger partial charge in [0.2, 0.25) is 10.0 Å². The Kier molecular flexibility index (Phi) is 5.38. The van der Waals surface area contributed by atoms with Gasteiger partial charge in [0, 0.05) is 26.2 Å². The van der Waals surface area contributed by atoms with Crippen molar-refractivity contribution in [3.05, 3.63) is 11.9 Å². The van der Waals surface area contributed by atoms with Crippen LogP contribution in [0.2, 0.25) is 0 Å². The van der Waals surface area contributed by atoms with Crippen LogP contribution in [0, 0.1) is 6.92 Å². The first-order valence-electron chi connectivity index (χ1n) is 7.74. The zero-order valence-electron chi connectivity index (χ0n) is 14.6. The minimum atomic E-state index is -3.95. The molecule has 1 aliphatic heterocycles. The van der Waals surface area contributed by atoms with E-state index >= 15 is 0 Å². The van der Waals surface area contributed by atoms with E-state index in [2.05, 4.69) is 5.10 Å². The lowest BCUT2D eigenvalue weighted by atomic mass is 10.2. The largest absolute Gasteiger partial charge is 0.444 e. The summed E-state index contributed by atoms with van der Waals surface area (Å²) in [6, 6.07) is 0. The lowest BCUT2D eigenvalue weighted by Gasteiger charge is -2.34. The molecular weight excluding hydrogens is 358 g/mol. The molecule has 0 radical (unpaired) electrons. The second-order valence-electron chi connectivity index (χ2n) is 6.71. The number of piperazine rings is 1. The molecule has 1 fully saturated rings. The van der Waals surface area contributed by atoms with Gasteiger partial charge < -0.3 is 9.64 Å². The number of rotatable bonds is 3. The number of carbonyl (C=O) groups is 1. The molecule has 0 spiro atoms. The van der Waals surface area contributed by atoms with Crippen LogP contribution in [0.3, 0.4) is 0 Å². The smallest absolute Gasteiger partial charge is 0.410 e. The highest BCUT2D eigenvalue weighted by Crippen LogP contribution is 2.23. The number of halogens is 2. The van der Waals surface area contributed by atoms with Crippen molar-refractivity contribution in [2.75, 3.05) is 26.2 Å². The number of hydrogen-bond donors (Lipinski definition) is 0. The molecule has 0 unspecified atom stereocenters. The topological polar surface area (TPSA) is 84.7 Å². The summed E-state index contributed by atoms with van der Waals surface area (Å²) in [5.41, 5.74) is -0.628.